The molecule has 0 unspecified atom stereocenters. The van der Waals surface area contributed by atoms with E-state index in [2.05, 4.69) is 6.92 Å². The molecule has 0 atom stereocenters. The number of hydrogen-bond acceptors (Lipinski definition) is 4. The normalized spacial score (nSPS) is 10.3. The first-order valence-electron chi connectivity index (χ1n) is 12.1. The molecule has 0 heterocycles. The molecule has 0 aromatic rings. The van der Waals surface area contributed by atoms with E-state index in [-0.39, 0.29) is 12.4 Å². The fraction of sp³-hybridized carbons (Fsp3) is 0.917. The number of unbranched alkanes of at least 4 members (excludes halogenated alkanes) is 15. The fourth-order valence-electron chi connectivity index (χ4n) is 2.88. The second-order valence-electron chi connectivity index (χ2n) is 7.68. The van der Waals surface area contributed by atoms with Gasteiger partial charge in [0, 0.05) is 18.6 Å². The van der Waals surface area contributed by atoms with Crippen LogP contribution in [0.1, 0.15) is 136 Å². The quantitative estimate of drug-likeness (QED) is 0.155. The summed E-state index contributed by atoms with van der Waals surface area (Å²) >= 11 is 1.32. The summed E-state index contributed by atoms with van der Waals surface area (Å²) in [7, 11) is 0. The van der Waals surface area contributed by atoms with Gasteiger partial charge in [0.1, 0.15) is 0 Å². The lowest BCUT2D eigenvalue weighted by Crippen LogP contribution is -1.96. The zero-order valence-electron chi connectivity index (χ0n) is 19.5. The van der Waals surface area contributed by atoms with E-state index in [1.54, 1.807) is 6.92 Å². The van der Waals surface area contributed by atoms with Gasteiger partial charge in [-0.3, -0.25) is 9.59 Å². The molecule has 5 heteroatoms. The summed E-state index contributed by atoms with van der Waals surface area (Å²) < 4.78 is 4.99. The molecule has 0 aromatic carbocycles. The average molecular weight is 433 g/mol. The van der Waals surface area contributed by atoms with Crippen LogP contribution in [0.25, 0.3) is 0 Å². The maximum Gasteiger partial charge on any atom is 0.317 e. The molecule has 0 spiro atoms. The molecule has 174 valence electrons. The second-order valence-corrected chi connectivity index (χ2v) is 8.49. The molecular formula is C24H48O4S. The highest BCUT2D eigenvalue weighted by atomic mass is 32.2. The lowest BCUT2D eigenvalue weighted by Gasteiger charge is -2.04. The number of carboxylic acid groups (broad SMARTS) is 1. The predicted octanol–water partition coefficient (Wildman–Crippen LogP) is 8.33. The van der Waals surface area contributed by atoms with Gasteiger partial charge >= 0.3 is 11.9 Å². The molecule has 0 radical (unpaired) electrons. The molecule has 0 saturated heterocycles. The minimum Gasteiger partial charge on any atom is -0.481 e. The van der Waals surface area contributed by atoms with Crippen LogP contribution in [0.5, 0.6) is 0 Å². The topological polar surface area (TPSA) is 63.6 Å². The van der Waals surface area contributed by atoms with E-state index >= 15 is 0 Å². The van der Waals surface area contributed by atoms with Crippen molar-refractivity contribution in [2.24, 2.45) is 0 Å². The highest BCUT2D eigenvalue weighted by Gasteiger charge is 1.99. The summed E-state index contributed by atoms with van der Waals surface area (Å²) in [4.78, 5) is 20.3. The van der Waals surface area contributed by atoms with Crippen molar-refractivity contribution in [1.29, 1.82) is 0 Å². The van der Waals surface area contributed by atoms with E-state index in [1.807, 2.05) is 6.92 Å². The summed E-state index contributed by atoms with van der Waals surface area (Å²) in [6.45, 7) is 5.71. The van der Waals surface area contributed by atoms with Crippen molar-refractivity contribution in [3.8, 4) is 0 Å². The van der Waals surface area contributed by atoms with Crippen LogP contribution < -0.4 is 0 Å². The monoisotopic (exact) mass is 432 g/mol. The molecule has 0 fully saturated rings. The van der Waals surface area contributed by atoms with E-state index < -0.39 is 5.97 Å². The summed E-state index contributed by atoms with van der Waals surface area (Å²) in [6.07, 6.45) is 23.0. The fourth-order valence-corrected chi connectivity index (χ4v) is 3.53. The van der Waals surface area contributed by atoms with E-state index in [1.165, 1.54) is 115 Å². The Morgan fingerprint density at radius 2 is 0.966 bits per heavy atom. The van der Waals surface area contributed by atoms with Gasteiger partial charge in [-0.05, 0) is 6.42 Å². The standard InChI is InChI=1S/C21H42O2S.C3H6O2/c1-3-5-6-7-8-9-10-11-12-13-14-15-16-17-18-19-20-24-23-21(22)4-2;1-2-3(4)5/h3-20H2,1-2H3;2H2,1H3,(H,4,5). The van der Waals surface area contributed by atoms with Gasteiger partial charge in [0.2, 0.25) is 0 Å². The predicted molar refractivity (Wildman–Crippen MR) is 126 cm³/mol. The van der Waals surface area contributed by atoms with Gasteiger partial charge < -0.3 is 9.29 Å². The molecule has 0 saturated carbocycles. The zero-order valence-corrected chi connectivity index (χ0v) is 20.3. The van der Waals surface area contributed by atoms with Crippen molar-refractivity contribution in [3.63, 3.8) is 0 Å². The molecular weight excluding hydrogens is 384 g/mol. The van der Waals surface area contributed by atoms with Crippen LogP contribution in [0.15, 0.2) is 0 Å². The van der Waals surface area contributed by atoms with Gasteiger partial charge in [0.15, 0.2) is 0 Å². The first kappa shape index (κ1) is 30.5. The molecule has 0 bridgehead atoms. The zero-order chi connectivity index (χ0) is 22.0. The molecule has 0 aliphatic rings. The number of hydrogen-bond donors (Lipinski definition) is 1. The minimum atomic E-state index is -0.745. The number of aliphatic carboxylic acids is 1. The van der Waals surface area contributed by atoms with Crippen molar-refractivity contribution in [3.05, 3.63) is 0 Å². The highest BCUT2D eigenvalue weighted by molar-refractivity contribution is 7.95. The van der Waals surface area contributed by atoms with Crippen LogP contribution >= 0.6 is 12.0 Å². The first-order chi connectivity index (χ1) is 14.1. The summed E-state index contributed by atoms with van der Waals surface area (Å²) in [6, 6.07) is 0. The van der Waals surface area contributed by atoms with Crippen LogP contribution in [0.4, 0.5) is 0 Å². The van der Waals surface area contributed by atoms with E-state index in [9.17, 15) is 9.59 Å². The van der Waals surface area contributed by atoms with Crippen LogP contribution in [-0.4, -0.2) is 22.8 Å². The average Bonchev–Trinajstić information content (AvgIpc) is 2.73. The third-order valence-corrected chi connectivity index (χ3v) is 5.58. The van der Waals surface area contributed by atoms with Crippen LogP contribution in [0.3, 0.4) is 0 Å². The van der Waals surface area contributed by atoms with Crippen LogP contribution in [0, 0.1) is 0 Å². The Morgan fingerprint density at radius 3 is 1.28 bits per heavy atom. The minimum absolute atomic E-state index is 0.100. The van der Waals surface area contributed by atoms with E-state index in [0.29, 0.717) is 6.42 Å². The highest BCUT2D eigenvalue weighted by Crippen LogP contribution is 2.14. The number of carboxylic acids is 1. The van der Waals surface area contributed by atoms with E-state index in [4.69, 9.17) is 9.29 Å². The Morgan fingerprint density at radius 1 is 0.621 bits per heavy atom. The molecule has 4 nitrogen and oxygen atoms in total. The molecule has 0 aliphatic heterocycles. The van der Waals surface area contributed by atoms with Gasteiger partial charge in [-0.2, -0.15) is 0 Å². The first-order valence-corrected chi connectivity index (χ1v) is 13.0. The lowest BCUT2D eigenvalue weighted by molar-refractivity contribution is -0.136. The number of rotatable bonds is 20. The Balaban J connectivity index is 0. The smallest absolute Gasteiger partial charge is 0.317 e. The van der Waals surface area contributed by atoms with Gasteiger partial charge in [-0.15, -0.1) is 0 Å². The molecule has 1 N–H and O–H groups in total. The molecule has 0 amide bonds. The number of carbonyl (C=O) groups is 2. The number of carbonyl (C=O) groups excluding carboxylic acids is 1. The maximum atomic E-state index is 10.9. The van der Waals surface area contributed by atoms with Crippen molar-refractivity contribution in [2.75, 3.05) is 5.75 Å². The van der Waals surface area contributed by atoms with Crippen LogP contribution in [0.2, 0.25) is 0 Å². The molecule has 29 heavy (non-hydrogen) atoms. The Hall–Kier alpha value is -0.710. The van der Waals surface area contributed by atoms with Crippen LogP contribution in [-0.2, 0) is 13.8 Å². The van der Waals surface area contributed by atoms with Crippen molar-refractivity contribution < 1.29 is 18.9 Å². The Bertz CT molecular complexity index is 348. The Labute approximate surface area is 185 Å². The largest absolute Gasteiger partial charge is 0.481 e. The van der Waals surface area contributed by atoms with Crippen molar-refractivity contribution >= 4 is 24.0 Å². The third kappa shape index (κ3) is 32.2. The maximum absolute atomic E-state index is 10.9. The van der Waals surface area contributed by atoms with Gasteiger partial charge in [0.05, 0.1) is 12.0 Å². The van der Waals surface area contributed by atoms with Gasteiger partial charge in [-0.25, -0.2) is 0 Å². The summed E-state index contributed by atoms with van der Waals surface area (Å²) in [5, 5.41) is 7.72. The van der Waals surface area contributed by atoms with Gasteiger partial charge in [0.25, 0.3) is 0 Å². The van der Waals surface area contributed by atoms with E-state index in [0.717, 1.165) is 5.75 Å². The SMILES string of the molecule is CCC(=O)O.CCCCCCCCCCCCCCCCCCSOC(=O)CC. The van der Waals surface area contributed by atoms with Crippen molar-refractivity contribution in [2.45, 2.75) is 136 Å². The molecule has 0 rings (SSSR count). The molecule has 0 aromatic heterocycles. The second kappa shape index (κ2) is 27.3. The Kier molecular flexibility index (Phi) is 28.7. The third-order valence-electron chi connectivity index (χ3n) is 4.82. The van der Waals surface area contributed by atoms with Crippen molar-refractivity contribution in [1.82, 2.24) is 0 Å². The lowest BCUT2D eigenvalue weighted by atomic mass is 10.0. The van der Waals surface area contributed by atoms with Gasteiger partial charge in [-0.1, -0.05) is 117 Å². The summed E-state index contributed by atoms with van der Waals surface area (Å²) in [5.41, 5.74) is 0. The summed E-state index contributed by atoms with van der Waals surface area (Å²) in [5.74, 6) is 0.103. The molecule has 0 aliphatic carbocycles.